The van der Waals surface area contributed by atoms with E-state index >= 15 is 0 Å². The van der Waals surface area contributed by atoms with E-state index < -0.39 is 6.10 Å². The maximum absolute atomic E-state index is 13.4. The van der Waals surface area contributed by atoms with E-state index in [1.165, 1.54) is 12.1 Å². The standard InChI is InChI=1S/C24H20FN3O2/c1-26-24(30)22-13-20(16-4-7-18(25)8-5-16)19-9-6-17(12-21(19)28-22)23(29)11-15-3-2-10-27-14-15/h2-10,12-14,23,29H,11H2,1H3,(H,26,30). The van der Waals surface area contributed by atoms with Crippen LogP contribution in [0.25, 0.3) is 22.0 Å². The summed E-state index contributed by atoms with van der Waals surface area (Å²) in [4.78, 5) is 20.8. The summed E-state index contributed by atoms with van der Waals surface area (Å²) in [6.07, 6.45) is 3.09. The van der Waals surface area contributed by atoms with Crippen molar-refractivity contribution in [3.05, 3.63) is 95.7 Å². The molecule has 0 radical (unpaired) electrons. The van der Waals surface area contributed by atoms with Gasteiger partial charge in [-0.15, -0.1) is 0 Å². The number of amides is 1. The minimum absolute atomic E-state index is 0.253. The smallest absolute Gasteiger partial charge is 0.269 e. The number of aliphatic hydroxyl groups excluding tert-OH is 1. The van der Waals surface area contributed by atoms with Crippen molar-refractivity contribution < 1.29 is 14.3 Å². The Balaban J connectivity index is 1.80. The summed E-state index contributed by atoms with van der Waals surface area (Å²) in [7, 11) is 1.54. The molecule has 0 aliphatic heterocycles. The van der Waals surface area contributed by atoms with Crippen LogP contribution in [0.15, 0.2) is 73.1 Å². The van der Waals surface area contributed by atoms with Crippen LogP contribution in [0, 0.1) is 5.82 Å². The number of benzene rings is 2. The minimum Gasteiger partial charge on any atom is -0.388 e. The van der Waals surface area contributed by atoms with Gasteiger partial charge in [-0.25, -0.2) is 9.37 Å². The number of rotatable bonds is 5. The number of nitrogens with one attached hydrogen (secondary N) is 1. The highest BCUT2D eigenvalue weighted by Crippen LogP contribution is 2.31. The van der Waals surface area contributed by atoms with Gasteiger partial charge in [0.25, 0.3) is 5.91 Å². The van der Waals surface area contributed by atoms with E-state index in [-0.39, 0.29) is 17.4 Å². The molecule has 2 aromatic heterocycles. The first-order valence-electron chi connectivity index (χ1n) is 9.55. The molecule has 6 heteroatoms. The Morgan fingerprint density at radius 3 is 2.63 bits per heavy atom. The Morgan fingerprint density at radius 1 is 1.13 bits per heavy atom. The molecule has 0 saturated carbocycles. The molecule has 0 aliphatic carbocycles. The largest absolute Gasteiger partial charge is 0.388 e. The zero-order chi connectivity index (χ0) is 21.1. The van der Waals surface area contributed by atoms with Crippen molar-refractivity contribution >= 4 is 16.8 Å². The molecule has 1 atom stereocenters. The van der Waals surface area contributed by atoms with Crippen LogP contribution in [0.4, 0.5) is 4.39 Å². The average Bonchev–Trinajstić information content (AvgIpc) is 2.78. The number of pyridine rings is 2. The Labute approximate surface area is 173 Å². The molecule has 5 nitrogen and oxygen atoms in total. The predicted molar refractivity (Wildman–Crippen MR) is 113 cm³/mol. The summed E-state index contributed by atoms with van der Waals surface area (Å²) in [5.41, 5.74) is 3.99. The Morgan fingerprint density at radius 2 is 1.93 bits per heavy atom. The molecule has 0 saturated heterocycles. The first kappa shape index (κ1) is 19.7. The molecule has 0 aliphatic rings. The summed E-state index contributed by atoms with van der Waals surface area (Å²) in [5, 5.41) is 14.1. The number of hydrogen-bond donors (Lipinski definition) is 2. The van der Waals surface area contributed by atoms with Gasteiger partial charge in [0.2, 0.25) is 0 Å². The van der Waals surface area contributed by atoms with Gasteiger partial charge in [-0.2, -0.15) is 0 Å². The van der Waals surface area contributed by atoms with E-state index in [4.69, 9.17) is 0 Å². The van der Waals surface area contributed by atoms with Gasteiger partial charge in [0.05, 0.1) is 11.6 Å². The van der Waals surface area contributed by atoms with Gasteiger partial charge in [0.1, 0.15) is 11.5 Å². The zero-order valence-electron chi connectivity index (χ0n) is 16.3. The van der Waals surface area contributed by atoms with E-state index in [0.29, 0.717) is 17.5 Å². The lowest BCUT2D eigenvalue weighted by atomic mass is 9.96. The molecular weight excluding hydrogens is 381 g/mol. The van der Waals surface area contributed by atoms with Crippen molar-refractivity contribution in [3.63, 3.8) is 0 Å². The van der Waals surface area contributed by atoms with Gasteiger partial charge in [0.15, 0.2) is 0 Å². The minimum atomic E-state index is -0.738. The van der Waals surface area contributed by atoms with Gasteiger partial charge in [-0.1, -0.05) is 30.3 Å². The molecule has 1 amide bonds. The molecule has 4 aromatic rings. The molecule has 0 bridgehead atoms. The normalized spacial score (nSPS) is 12.0. The van der Waals surface area contributed by atoms with Crippen LogP contribution in [-0.2, 0) is 6.42 Å². The fraction of sp³-hybridized carbons (Fsp3) is 0.125. The second-order valence-corrected chi connectivity index (χ2v) is 7.00. The third kappa shape index (κ3) is 4.04. The molecule has 150 valence electrons. The summed E-state index contributed by atoms with van der Waals surface area (Å²) in [5.74, 6) is -0.647. The first-order chi connectivity index (χ1) is 14.5. The topological polar surface area (TPSA) is 75.1 Å². The van der Waals surface area contributed by atoms with Crippen molar-refractivity contribution in [2.45, 2.75) is 12.5 Å². The summed E-state index contributed by atoms with van der Waals surface area (Å²) in [6, 6.07) is 17.0. The fourth-order valence-corrected chi connectivity index (χ4v) is 3.43. The van der Waals surface area contributed by atoms with Gasteiger partial charge in [-0.3, -0.25) is 9.78 Å². The molecule has 0 spiro atoms. The van der Waals surface area contributed by atoms with E-state index in [1.807, 2.05) is 24.3 Å². The molecule has 2 N–H and O–H groups in total. The summed E-state index contributed by atoms with van der Waals surface area (Å²) in [6.45, 7) is 0. The van der Waals surface area contributed by atoms with Gasteiger partial charge in [-0.05, 0) is 52.6 Å². The Bertz CT molecular complexity index is 1190. The molecule has 1 unspecified atom stereocenters. The Hall–Kier alpha value is -3.64. The van der Waals surface area contributed by atoms with Crippen LogP contribution in [0.5, 0.6) is 0 Å². The number of nitrogens with zero attached hydrogens (tertiary/aromatic N) is 2. The van der Waals surface area contributed by atoms with E-state index in [9.17, 15) is 14.3 Å². The van der Waals surface area contributed by atoms with Crippen molar-refractivity contribution in [1.82, 2.24) is 15.3 Å². The van der Waals surface area contributed by atoms with Crippen LogP contribution >= 0.6 is 0 Å². The van der Waals surface area contributed by atoms with E-state index in [1.54, 1.807) is 43.7 Å². The number of aromatic nitrogens is 2. The highest BCUT2D eigenvalue weighted by molar-refractivity contribution is 6.01. The van der Waals surface area contributed by atoms with Gasteiger partial charge < -0.3 is 10.4 Å². The van der Waals surface area contributed by atoms with Crippen LogP contribution in [0.3, 0.4) is 0 Å². The first-order valence-corrected chi connectivity index (χ1v) is 9.55. The summed E-state index contributed by atoms with van der Waals surface area (Å²) < 4.78 is 13.4. The highest BCUT2D eigenvalue weighted by atomic mass is 19.1. The maximum Gasteiger partial charge on any atom is 0.269 e. The molecule has 30 heavy (non-hydrogen) atoms. The van der Waals surface area contributed by atoms with Gasteiger partial charge in [0, 0.05) is 31.2 Å². The second-order valence-electron chi connectivity index (χ2n) is 7.00. The number of carbonyl (C=O) groups is 1. The molecule has 0 fully saturated rings. The average molecular weight is 401 g/mol. The number of fused-ring (bicyclic) bond motifs is 1. The molecule has 4 rings (SSSR count). The zero-order valence-corrected chi connectivity index (χ0v) is 16.3. The van der Waals surface area contributed by atoms with Crippen LogP contribution < -0.4 is 5.32 Å². The lowest BCUT2D eigenvalue weighted by Crippen LogP contribution is -2.19. The lowest BCUT2D eigenvalue weighted by Gasteiger charge is -2.14. The molecule has 2 heterocycles. The van der Waals surface area contributed by atoms with Crippen molar-refractivity contribution in [2.75, 3.05) is 7.05 Å². The highest BCUT2D eigenvalue weighted by Gasteiger charge is 2.15. The van der Waals surface area contributed by atoms with Crippen LogP contribution in [0.2, 0.25) is 0 Å². The second kappa shape index (κ2) is 8.39. The molecule has 2 aromatic carbocycles. The van der Waals surface area contributed by atoms with Crippen LogP contribution in [0.1, 0.15) is 27.7 Å². The van der Waals surface area contributed by atoms with Crippen molar-refractivity contribution in [1.29, 1.82) is 0 Å². The van der Waals surface area contributed by atoms with Crippen molar-refractivity contribution in [2.24, 2.45) is 0 Å². The van der Waals surface area contributed by atoms with Gasteiger partial charge >= 0.3 is 0 Å². The Kier molecular flexibility index (Phi) is 5.50. The number of aliphatic hydroxyl groups is 1. The fourth-order valence-electron chi connectivity index (χ4n) is 3.43. The maximum atomic E-state index is 13.4. The van der Waals surface area contributed by atoms with Crippen LogP contribution in [-0.4, -0.2) is 28.0 Å². The van der Waals surface area contributed by atoms with Crippen molar-refractivity contribution in [3.8, 4) is 11.1 Å². The third-order valence-electron chi connectivity index (χ3n) is 4.99. The number of carbonyl (C=O) groups excluding carboxylic acids is 1. The monoisotopic (exact) mass is 401 g/mol. The predicted octanol–water partition coefficient (Wildman–Crippen LogP) is 4.07. The van der Waals surface area contributed by atoms with E-state index in [2.05, 4.69) is 15.3 Å². The quantitative estimate of drug-likeness (QED) is 0.529. The summed E-state index contributed by atoms with van der Waals surface area (Å²) >= 11 is 0. The van der Waals surface area contributed by atoms with E-state index in [0.717, 1.165) is 22.1 Å². The lowest BCUT2D eigenvalue weighted by molar-refractivity contribution is 0.0958. The molecular formula is C24H20FN3O2. The number of halogens is 1. The SMILES string of the molecule is CNC(=O)c1cc(-c2ccc(F)cc2)c2ccc(C(O)Cc3cccnc3)cc2n1. The number of hydrogen-bond acceptors (Lipinski definition) is 4. The third-order valence-corrected chi connectivity index (χ3v) is 4.99.